The van der Waals surface area contributed by atoms with E-state index in [1.807, 2.05) is 12.5 Å². The number of nitrogens with two attached hydrogens (primary N) is 1. The van der Waals surface area contributed by atoms with E-state index in [0.717, 1.165) is 0 Å². The van der Waals surface area contributed by atoms with Gasteiger partial charge in [-0.15, -0.1) is 0 Å². The standard InChI is InChI=1S/C22H34N4O6S2/c1-13(23)19(28)24-16(8-10-33-2)20(29)25-17(9-11-34-3)21(30)26-18(22(31)32)12-14-4-6-15(27)7-5-14/h4-7,13,16-18,27H,8-12,23H2,1-3H3,(H,24,28)(H,25,29)(H,26,30)(H,31,32). The number of aromatic hydroxyl groups is 1. The summed E-state index contributed by atoms with van der Waals surface area (Å²) in [7, 11) is 0. The van der Waals surface area contributed by atoms with Crippen LogP contribution in [-0.2, 0) is 25.6 Å². The molecule has 0 aromatic heterocycles. The number of carbonyl (C=O) groups excluding carboxylic acids is 3. The third-order valence-electron chi connectivity index (χ3n) is 4.89. The van der Waals surface area contributed by atoms with Crippen LogP contribution in [0.15, 0.2) is 24.3 Å². The predicted octanol–water partition coefficient (Wildman–Crippen LogP) is 0.327. The number of carbonyl (C=O) groups is 4. The lowest BCUT2D eigenvalue weighted by atomic mass is 10.0. The Kier molecular flexibility index (Phi) is 13.5. The maximum absolute atomic E-state index is 13.0. The molecule has 7 N–H and O–H groups in total. The van der Waals surface area contributed by atoms with Crippen LogP contribution < -0.4 is 21.7 Å². The zero-order chi connectivity index (χ0) is 25.7. The highest BCUT2D eigenvalue weighted by atomic mass is 32.2. The molecule has 0 bridgehead atoms. The summed E-state index contributed by atoms with van der Waals surface area (Å²) < 4.78 is 0. The zero-order valence-corrected chi connectivity index (χ0v) is 21.2. The average molecular weight is 515 g/mol. The number of carboxylic acids is 1. The second-order valence-electron chi connectivity index (χ2n) is 7.74. The summed E-state index contributed by atoms with van der Waals surface area (Å²) in [4.78, 5) is 49.7. The largest absolute Gasteiger partial charge is 0.508 e. The Morgan fingerprint density at radius 3 is 1.71 bits per heavy atom. The summed E-state index contributed by atoms with van der Waals surface area (Å²) in [5.41, 5.74) is 6.21. The van der Waals surface area contributed by atoms with E-state index in [2.05, 4.69) is 16.0 Å². The van der Waals surface area contributed by atoms with Gasteiger partial charge in [-0.05, 0) is 61.5 Å². The number of aliphatic carboxylic acids is 1. The van der Waals surface area contributed by atoms with Crippen LogP contribution in [0.4, 0.5) is 0 Å². The van der Waals surface area contributed by atoms with Gasteiger partial charge in [-0.3, -0.25) is 14.4 Å². The lowest BCUT2D eigenvalue weighted by molar-refractivity contribution is -0.142. The number of thioether (sulfide) groups is 2. The summed E-state index contributed by atoms with van der Waals surface area (Å²) in [6.07, 6.45) is 4.36. The molecule has 0 aliphatic heterocycles. The second kappa shape index (κ2) is 15.5. The molecule has 1 rings (SSSR count). The minimum Gasteiger partial charge on any atom is -0.508 e. The molecule has 0 aliphatic rings. The average Bonchev–Trinajstić information content (AvgIpc) is 2.79. The minimum atomic E-state index is -1.23. The van der Waals surface area contributed by atoms with E-state index in [4.69, 9.17) is 5.73 Å². The van der Waals surface area contributed by atoms with Crippen LogP contribution in [0.5, 0.6) is 5.75 Å². The third-order valence-corrected chi connectivity index (χ3v) is 6.18. The first kappa shape index (κ1) is 29.6. The molecule has 34 heavy (non-hydrogen) atoms. The van der Waals surface area contributed by atoms with Crippen LogP contribution in [0.2, 0.25) is 0 Å². The van der Waals surface area contributed by atoms with E-state index in [0.29, 0.717) is 23.5 Å². The predicted molar refractivity (Wildman–Crippen MR) is 135 cm³/mol. The van der Waals surface area contributed by atoms with Gasteiger partial charge < -0.3 is 31.9 Å². The Morgan fingerprint density at radius 1 is 0.853 bits per heavy atom. The topological polar surface area (TPSA) is 171 Å². The molecular formula is C22H34N4O6S2. The first-order chi connectivity index (χ1) is 16.1. The Balaban J connectivity index is 2.95. The Morgan fingerprint density at radius 2 is 1.29 bits per heavy atom. The lowest BCUT2D eigenvalue weighted by Crippen LogP contribution is -2.57. The molecule has 0 radical (unpaired) electrons. The molecule has 0 spiro atoms. The maximum Gasteiger partial charge on any atom is 0.326 e. The van der Waals surface area contributed by atoms with Gasteiger partial charge in [0.15, 0.2) is 0 Å². The summed E-state index contributed by atoms with van der Waals surface area (Å²) in [5, 5.41) is 26.8. The highest BCUT2D eigenvalue weighted by molar-refractivity contribution is 7.98. The molecule has 1 aromatic rings. The fourth-order valence-corrected chi connectivity index (χ4v) is 3.87. The molecule has 0 fully saturated rings. The fraction of sp³-hybridized carbons (Fsp3) is 0.545. The number of phenols is 1. The maximum atomic E-state index is 13.0. The van der Waals surface area contributed by atoms with Crippen molar-refractivity contribution in [3.63, 3.8) is 0 Å². The normalized spacial score (nSPS) is 14.4. The molecule has 190 valence electrons. The van der Waals surface area contributed by atoms with E-state index >= 15 is 0 Å². The van der Waals surface area contributed by atoms with E-state index in [1.165, 1.54) is 42.6 Å². The van der Waals surface area contributed by atoms with Gasteiger partial charge in [-0.25, -0.2) is 4.79 Å². The monoisotopic (exact) mass is 514 g/mol. The molecule has 0 heterocycles. The van der Waals surface area contributed by atoms with Crippen LogP contribution in [0.1, 0.15) is 25.3 Å². The first-order valence-electron chi connectivity index (χ1n) is 10.7. The van der Waals surface area contributed by atoms with Gasteiger partial charge in [-0.2, -0.15) is 23.5 Å². The quantitative estimate of drug-likeness (QED) is 0.193. The van der Waals surface area contributed by atoms with Crippen molar-refractivity contribution in [3.05, 3.63) is 29.8 Å². The summed E-state index contributed by atoms with van der Waals surface area (Å²) in [6.45, 7) is 1.51. The van der Waals surface area contributed by atoms with E-state index < -0.39 is 47.9 Å². The van der Waals surface area contributed by atoms with Crippen LogP contribution >= 0.6 is 23.5 Å². The first-order valence-corrected chi connectivity index (χ1v) is 13.5. The molecule has 12 heteroatoms. The molecular weight excluding hydrogens is 480 g/mol. The number of hydrogen-bond donors (Lipinski definition) is 6. The molecule has 10 nitrogen and oxygen atoms in total. The fourth-order valence-electron chi connectivity index (χ4n) is 2.92. The van der Waals surface area contributed by atoms with Gasteiger partial charge in [0.25, 0.3) is 0 Å². The number of hydrogen-bond acceptors (Lipinski definition) is 8. The molecule has 0 saturated carbocycles. The van der Waals surface area contributed by atoms with Crippen LogP contribution in [0.3, 0.4) is 0 Å². The SMILES string of the molecule is CSCCC(NC(=O)C(C)N)C(=O)NC(CCSC)C(=O)NC(Cc1ccc(O)cc1)C(=O)O. The molecule has 0 saturated heterocycles. The molecule has 0 aliphatic carbocycles. The number of carboxylic acid groups (broad SMARTS) is 1. The Bertz CT molecular complexity index is 822. The van der Waals surface area contributed by atoms with Crippen molar-refractivity contribution in [2.75, 3.05) is 24.0 Å². The lowest BCUT2D eigenvalue weighted by Gasteiger charge is -2.25. The number of nitrogens with one attached hydrogen (secondary N) is 3. The van der Waals surface area contributed by atoms with E-state index in [1.54, 1.807) is 12.1 Å². The number of benzene rings is 1. The number of rotatable bonds is 15. The van der Waals surface area contributed by atoms with Crippen molar-refractivity contribution in [2.45, 2.75) is 50.4 Å². The Hall–Kier alpha value is -2.44. The van der Waals surface area contributed by atoms with Crippen molar-refractivity contribution in [3.8, 4) is 5.75 Å². The minimum absolute atomic E-state index is 0.00530. The summed E-state index contributed by atoms with van der Waals surface area (Å²) in [5.74, 6) is -1.66. The highest BCUT2D eigenvalue weighted by Crippen LogP contribution is 2.12. The molecule has 1 aromatic carbocycles. The zero-order valence-electron chi connectivity index (χ0n) is 19.6. The van der Waals surface area contributed by atoms with Crippen molar-refractivity contribution in [1.29, 1.82) is 0 Å². The molecule has 4 unspecified atom stereocenters. The third kappa shape index (κ3) is 10.7. The van der Waals surface area contributed by atoms with Gasteiger partial charge >= 0.3 is 5.97 Å². The van der Waals surface area contributed by atoms with Crippen LogP contribution in [0, 0.1) is 0 Å². The smallest absolute Gasteiger partial charge is 0.326 e. The van der Waals surface area contributed by atoms with Gasteiger partial charge in [0, 0.05) is 6.42 Å². The summed E-state index contributed by atoms with van der Waals surface area (Å²) in [6, 6.07) is 2.13. The molecule has 4 atom stereocenters. The second-order valence-corrected chi connectivity index (χ2v) is 9.72. The Labute approximate surface area is 208 Å². The van der Waals surface area contributed by atoms with Crippen molar-refractivity contribution in [1.82, 2.24) is 16.0 Å². The van der Waals surface area contributed by atoms with E-state index in [-0.39, 0.29) is 18.6 Å². The van der Waals surface area contributed by atoms with Crippen molar-refractivity contribution in [2.24, 2.45) is 5.73 Å². The van der Waals surface area contributed by atoms with E-state index in [9.17, 15) is 29.4 Å². The highest BCUT2D eigenvalue weighted by Gasteiger charge is 2.29. The number of phenolic OH excluding ortho intramolecular Hbond substituents is 1. The molecule has 3 amide bonds. The van der Waals surface area contributed by atoms with Crippen LogP contribution in [0.25, 0.3) is 0 Å². The van der Waals surface area contributed by atoms with Crippen molar-refractivity contribution < 1.29 is 29.4 Å². The van der Waals surface area contributed by atoms with Gasteiger partial charge in [0.2, 0.25) is 17.7 Å². The van der Waals surface area contributed by atoms with Crippen LogP contribution in [-0.4, -0.2) is 82.1 Å². The van der Waals surface area contributed by atoms with Gasteiger partial charge in [0.05, 0.1) is 6.04 Å². The number of amides is 3. The van der Waals surface area contributed by atoms with Gasteiger partial charge in [0.1, 0.15) is 23.9 Å². The van der Waals surface area contributed by atoms with Gasteiger partial charge in [-0.1, -0.05) is 12.1 Å². The van der Waals surface area contributed by atoms with Crippen molar-refractivity contribution >= 4 is 47.2 Å². The summed E-state index contributed by atoms with van der Waals surface area (Å²) >= 11 is 2.99.